The van der Waals surface area contributed by atoms with Gasteiger partial charge in [0.15, 0.2) is 0 Å². The molecule has 0 unspecified atom stereocenters. The quantitative estimate of drug-likeness (QED) is 0.273. The molecule has 3 rings (SSSR count). The zero-order chi connectivity index (χ0) is 21.3. The highest BCUT2D eigenvalue weighted by molar-refractivity contribution is 5.73. The molecule has 2 aromatic carbocycles. The molecule has 0 fully saturated rings. The summed E-state index contributed by atoms with van der Waals surface area (Å²) in [6.45, 7) is 2.99. The highest BCUT2D eigenvalue weighted by atomic mass is 19.1. The minimum Gasteiger partial charge on any atom is -0.494 e. The molecule has 30 heavy (non-hydrogen) atoms. The van der Waals surface area contributed by atoms with Crippen molar-refractivity contribution >= 4 is 23.0 Å². The van der Waals surface area contributed by atoms with Crippen molar-refractivity contribution in [3.63, 3.8) is 0 Å². The highest BCUT2D eigenvalue weighted by Crippen LogP contribution is 2.31. The lowest BCUT2D eigenvalue weighted by atomic mass is 10.2. The topological polar surface area (TPSA) is 102 Å². The number of anilines is 3. The van der Waals surface area contributed by atoms with E-state index in [9.17, 15) is 14.5 Å². The summed E-state index contributed by atoms with van der Waals surface area (Å²) in [5.41, 5.74) is 1.12. The van der Waals surface area contributed by atoms with Crippen LogP contribution in [-0.2, 0) is 6.54 Å². The molecule has 1 heterocycles. The van der Waals surface area contributed by atoms with Gasteiger partial charge in [0.25, 0.3) is 0 Å². The molecule has 0 bridgehead atoms. The zero-order valence-electron chi connectivity index (χ0n) is 16.5. The van der Waals surface area contributed by atoms with Crippen molar-refractivity contribution in [3.05, 3.63) is 76.4 Å². The number of ether oxygens (including phenoxy) is 1. The van der Waals surface area contributed by atoms with Gasteiger partial charge in [-0.25, -0.2) is 14.4 Å². The Morgan fingerprint density at radius 2 is 1.77 bits per heavy atom. The maximum atomic E-state index is 13.0. The number of aromatic nitrogens is 2. The van der Waals surface area contributed by atoms with Crippen molar-refractivity contribution in [1.29, 1.82) is 0 Å². The largest absolute Gasteiger partial charge is 0.494 e. The van der Waals surface area contributed by atoms with Gasteiger partial charge in [-0.2, -0.15) is 0 Å². The SMILES string of the molecule is CCCCOc1ccc(Nc2ncnc(NCc3ccc(F)cc3)c2[N+](=O)[O-])cc1. The van der Waals surface area contributed by atoms with Gasteiger partial charge in [-0.1, -0.05) is 25.5 Å². The molecule has 3 aromatic rings. The monoisotopic (exact) mass is 411 g/mol. The van der Waals surface area contributed by atoms with E-state index in [0.29, 0.717) is 12.3 Å². The van der Waals surface area contributed by atoms with Gasteiger partial charge in [-0.05, 0) is 48.4 Å². The first-order chi connectivity index (χ1) is 14.6. The Balaban J connectivity index is 1.73. The van der Waals surface area contributed by atoms with Crippen molar-refractivity contribution in [2.75, 3.05) is 17.2 Å². The number of nitrogens with one attached hydrogen (secondary N) is 2. The summed E-state index contributed by atoms with van der Waals surface area (Å²) in [6, 6.07) is 13.0. The Morgan fingerprint density at radius 1 is 1.07 bits per heavy atom. The van der Waals surface area contributed by atoms with Crippen LogP contribution in [0.1, 0.15) is 25.3 Å². The van der Waals surface area contributed by atoms with E-state index in [1.54, 1.807) is 36.4 Å². The van der Waals surface area contributed by atoms with E-state index in [2.05, 4.69) is 27.5 Å². The molecule has 0 amide bonds. The van der Waals surface area contributed by atoms with E-state index in [0.717, 1.165) is 24.2 Å². The number of halogens is 1. The maximum Gasteiger partial charge on any atom is 0.353 e. The molecule has 0 aliphatic heterocycles. The van der Waals surface area contributed by atoms with Crippen LogP contribution in [0.5, 0.6) is 5.75 Å². The number of unbranched alkanes of at least 4 members (excludes halogenated alkanes) is 1. The van der Waals surface area contributed by atoms with Crippen LogP contribution in [0.25, 0.3) is 0 Å². The summed E-state index contributed by atoms with van der Waals surface area (Å²) in [5, 5.41) is 17.5. The summed E-state index contributed by atoms with van der Waals surface area (Å²) >= 11 is 0. The first-order valence-corrected chi connectivity index (χ1v) is 9.54. The molecule has 0 atom stereocenters. The average molecular weight is 411 g/mol. The van der Waals surface area contributed by atoms with Gasteiger partial charge in [-0.15, -0.1) is 0 Å². The molecule has 2 N–H and O–H groups in total. The standard InChI is InChI=1S/C21H22FN5O3/c1-2-3-12-30-18-10-8-17(9-11-18)26-21-19(27(28)29)20(24-14-25-21)23-13-15-4-6-16(22)7-5-15/h4-11,14H,2-3,12-13H2,1H3,(H2,23,24,25,26). The van der Waals surface area contributed by atoms with Gasteiger partial charge in [0.2, 0.25) is 11.6 Å². The molecular weight excluding hydrogens is 389 g/mol. The van der Waals surface area contributed by atoms with Crippen LogP contribution in [0.4, 0.5) is 27.4 Å². The number of hydrogen-bond donors (Lipinski definition) is 2. The third-order valence-corrected chi connectivity index (χ3v) is 4.26. The fraction of sp³-hybridized carbons (Fsp3) is 0.238. The fourth-order valence-electron chi connectivity index (χ4n) is 2.67. The Hall–Kier alpha value is -3.75. The van der Waals surface area contributed by atoms with Crippen molar-refractivity contribution in [3.8, 4) is 5.75 Å². The summed E-state index contributed by atoms with van der Waals surface area (Å²) in [6.07, 6.45) is 3.26. The van der Waals surface area contributed by atoms with Gasteiger partial charge in [-0.3, -0.25) is 10.1 Å². The molecule has 0 spiro atoms. The normalized spacial score (nSPS) is 10.5. The summed E-state index contributed by atoms with van der Waals surface area (Å²) in [7, 11) is 0. The lowest BCUT2D eigenvalue weighted by Crippen LogP contribution is -2.08. The van der Waals surface area contributed by atoms with Gasteiger partial charge in [0.05, 0.1) is 11.5 Å². The molecule has 8 nitrogen and oxygen atoms in total. The van der Waals surface area contributed by atoms with Gasteiger partial charge in [0, 0.05) is 12.2 Å². The van der Waals surface area contributed by atoms with Gasteiger partial charge in [0.1, 0.15) is 17.9 Å². The molecule has 1 aromatic heterocycles. The molecule has 0 aliphatic carbocycles. The maximum absolute atomic E-state index is 13.0. The Morgan fingerprint density at radius 3 is 2.43 bits per heavy atom. The van der Waals surface area contributed by atoms with E-state index in [4.69, 9.17) is 4.74 Å². The average Bonchev–Trinajstić information content (AvgIpc) is 2.74. The van der Waals surface area contributed by atoms with Crippen LogP contribution in [0, 0.1) is 15.9 Å². The van der Waals surface area contributed by atoms with Crippen molar-refractivity contribution in [2.45, 2.75) is 26.3 Å². The van der Waals surface area contributed by atoms with E-state index < -0.39 is 4.92 Å². The Bertz CT molecular complexity index is 981. The lowest BCUT2D eigenvalue weighted by molar-refractivity contribution is -0.383. The summed E-state index contributed by atoms with van der Waals surface area (Å²) < 4.78 is 18.7. The molecule has 156 valence electrons. The number of nitro groups is 1. The van der Waals surface area contributed by atoms with E-state index in [1.807, 2.05) is 0 Å². The van der Waals surface area contributed by atoms with Crippen molar-refractivity contribution < 1.29 is 14.1 Å². The smallest absolute Gasteiger partial charge is 0.353 e. The second-order valence-electron chi connectivity index (χ2n) is 6.51. The highest BCUT2D eigenvalue weighted by Gasteiger charge is 2.23. The second-order valence-corrected chi connectivity index (χ2v) is 6.51. The van der Waals surface area contributed by atoms with Crippen LogP contribution in [0.15, 0.2) is 54.9 Å². The minimum absolute atomic E-state index is 0.0660. The second kappa shape index (κ2) is 10.1. The molecule has 0 aliphatic rings. The van der Waals surface area contributed by atoms with Crippen LogP contribution < -0.4 is 15.4 Å². The third kappa shape index (κ3) is 5.63. The van der Waals surface area contributed by atoms with Crippen LogP contribution >= 0.6 is 0 Å². The molecule has 0 saturated carbocycles. The predicted molar refractivity (Wildman–Crippen MR) is 113 cm³/mol. The van der Waals surface area contributed by atoms with Crippen LogP contribution in [-0.4, -0.2) is 21.5 Å². The molecule has 0 radical (unpaired) electrons. The molecular formula is C21H22FN5O3. The fourth-order valence-corrected chi connectivity index (χ4v) is 2.67. The number of nitrogens with zero attached hydrogens (tertiary/aromatic N) is 3. The van der Waals surface area contributed by atoms with Crippen molar-refractivity contribution in [2.24, 2.45) is 0 Å². The minimum atomic E-state index is -0.544. The lowest BCUT2D eigenvalue weighted by Gasteiger charge is -2.11. The van der Waals surface area contributed by atoms with Crippen LogP contribution in [0.3, 0.4) is 0 Å². The molecule has 9 heteroatoms. The van der Waals surface area contributed by atoms with Crippen LogP contribution in [0.2, 0.25) is 0 Å². The van der Waals surface area contributed by atoms with E-state index in [1.165, 1.54) is 18.5 Å². The Labute approximate surface area is 173 Å². The summed E-state index contributed by atoms with van der Waals surface area (Å²) in [4.78, 5) is 19.1. The zero-order valence-corrected chi connectivity index (χ0v) is 16.5. The third-order valence-electron chi connectivity index (χ3n) is 4.26. The van der Waals surface area contributed by atoms with Crippen molar-refractivity contribution in [1.82, 2.24) is 9.97 Å². The Kier molecular flexibility index (Phi) is 7.09. The first-order valence-electron chi connectivity index (χ1n) is 9.54. The number of rotatable bonds is 10. The van der Waals surface area contributed by atoms with Gasteiger partial charge >= 0.3 is 5.69 Å². The molecule has 0 saturated heterocycles. The van der Waals surface area contributed by atoms with Gasteiger partial charge < -0.3 is 15.4 Å². The number of hydrogen-bond acceptors (Lipinski definition) is 7. The van der Waals surface area contributed by atoms with E-state index in [-0.39, 0.29) is 29.7 Å². The predicted octanol–water partition coefficient (Wildman–Crippen LogP) is 5.06. The summed E-state index contributed by atoms with van der Waals surface area (Å²) in [5.74, 6) is 0.519. The number of benzene rings is 2. The van der Waals surface area contributed by atoms with E-state index >= 15 is 0 Å². The first kappa shape index (κ1) is 21.0.